The van der Waals surface area contributed by atoms with Gasteiger partial charge in [-0.2, -0.15) is 0 Å². The average molecular weight is 540 g/mol. The van der Waals surface area contributed by atoms with Gasteiger partial charge in [-0.25, -0.2) is 14.8 Å². The number of nitrogens with two attached hydrogens (primary N) is 1. The normalized spacial score (nSPS) is 10.8. The van der Waals surface area contributed by atoms with E-state index >= 15 is 0 Å². The van der Waals surface area contributed by atoms with Crippen LogP contribution in [0.15, 0.2) is 52.2 Å². The number of ether oxygens (including phenoxy) is 1. The molecule has 0 unspecified atom stereocenters. The van der Waals surface area contributed by atoms with Gasteiger partial charge in [0.15, 0.2) is 12.0 Å². The van der Waals surface area contributed by atoms with Gasteiger partial charge >= 0.3 is 5.69 Å². The van der Waals surface area contributed by atoms with Crippen molar-refractivity contribution in [2.45, 2.75) is 0 Å². The second-order valence-electron chi connectivity index (χ2n) is 7.90. The van der Waals surface area contributed by atoms with Gasteiger partial charge in [-0.05, 0) is 0 Å². The zero-order valence-corrected chi connectivity index (χ0v) is 21.3. The first-order valence-electron chi connectivity index (χ1n) is 10.7. The zero-order chi connectivity index (χ0) is 27.0. The molecule has 0 aliphatic rings. The standard InChI is InChI=1S/C25H19Cl2N5O5/c1-31-21(18(22(28)34)24(35)32(2)25(31)36)15-9-5-7-13(20(15)27)12-6-4-8-14(19(12)26)16-10-29-17(11-33)23(30-16)37-3/h4-11H,1-3H3,(H2,28,34). The molecule has 0 aliphatic carbocycles. The summed E-state index contributed by atoms with van der Waals surface area (Å²) in [6.45, 7) is 0. The molecule has 4 rings (SSSR count). The molecule has 0 bridgehead atoms. The van der Waals surface area contributed by atoms with Crippen LogP contribution in [0.25, 0.3) is 33.6 Å². The summed E-state index contributed by atoms with van der Waals surface area (Å²) in [5.41, 5.74) is 5.72. The van der Waals surface area contributed by atoms with Gasteiger partial charge in [0.1, 0.15) is 5.56 Å². The monoisotopic (exact) mass is 539 g/mol. The Labute approximate surface area is 219 Å². The Morgan fingerprint density at radius 1 is 0.973 bits per heavy atom. The lowest BCUT2D eigenvalue weighted by atomic mass is 9.97. The van der Waals surface area contributed by atoms with Crippen molar-refractivity contribution in [1.82, 2.24) is 19.1 Å². The van der Waals surface area contributed by atoms with E-state index in [0.717, 1.165) is 9.13 Å². The summed E-state index contributed by atoms with van der Waals surface area (Å²) in [6, 6.07) is 10.1. The van der Waals surface area contributed by atoms with E-state index < -0.39 is 17.2 Å². The SMILES string of the molecule is COc1nc(-c2cccc(-c3cccc(-c4c(C(N)=O)c(=O)n(C)c(=O)n4C)c3Cl)c2Cl)cnc1C=O. The highest BCUT2D eigenvalue weighted by molar-refractivity contribution is 6.39. The molecule has 2 heterocycles. The smallest absolute Gasteiger partial charge is 0.330 e. The molecular formula is C25H19Cl2N5O5. The number of nitrogens with zero attached hydrogens (tertiary/aromatic N) is 4. The van der Waals surface area contributed by atoms with Crippen molar-refractivity contribution in [2.75, 3.05) is 7.11 Å². The van der Waals surface area contributed by atoms with Crippen LogP contribution in [0.3, 0.4) is 0 Å². The minimum absolute atomic E-state index is 0.0141. The summed E-state index contributed by atoms with van der Waals surface area (Å²) >= 11 is 13.6. The summed E-state index contributed by atoms with van der Waals surface area (Å²) in [7, 11) is 4.04. The lowest BCUT2D eigenvalue weighted by Crippen LogP contribution is -2.42. The van der Waals surface area contributed by atoms with Crippen molar-refractivity contribution < 1.29 is 14.3 Å². The molecule has 4 aromatic rings. The third kappa shape index (κ3) is 4.30. The van der Waals surface area contributed by atoms with E-state index in [2.05, 4.69) is 9.97 Å². The highest BCUT2D eigenvalue weighted by atomic mass is 35.5. The van der Waals surface area contributed by atoms with Crippen LogP contribution in [0.1, 0.15) is 20.8 Å². The number of carbonyl (C=O) groups excluding carboxylic acids is 2. The molecule has 37 heavy (non-hydrogen) atoms. The van der Waals surface area contributed by atoms with Crippen LogP contribution in [0.2, 0.25) is 10.0 Å². The molecule has 0 radical (unpaired) electrons. The Bertz CT molecular complexity index is 1710. The molecule has 0 fully saturated rings. The Hall–Kier alpha value is -4.28. The molecule has 0 aliphatic heterocycles. The second kappa shape index (κ2) is 10.00. The average Bonchev–Trinajstić information content (AvgIpc) is 2.89. The van der Waals surface area contributed by atoms with Crippen LogP contribution in [0.5, 0.6) is 5.88 Å². The third-order valence-electron chi connectivity index (χ3n) is 5.80. The molecule has 2 aromatic heterocycles. The number of carbonyl (C=O) groups is 2. The van der Waals surface area contributed by atoms with Crippen LogP contribution < -0.4 is 21.7 Å². The molecule has 2 N–H and O–H groups in total. The minimum atomic E-state index is -1.00. The number of aldehydes is 1. The number of rotatable bonds is 6. The van der Waals surface area contributed by atoms with E-state index in [4.69, 9.17) is 33.7 Å². The highest BCUT2D eigenvalue weighted by Crippen LogP contribution is 2.42. The van der Waals surface area contributed by atoms with Gasteiger partial charge in [-0.3, -0.25) is 23.5 Å². The van der Waals surface area contributed by atoms with E-state index in [9.17, 15) is 19.2 Å². The Kier molecular flexibility index (Phi) is 6.97. The summed E-state index contributed by atoms with van der Waals surface area (Å²) in [5.74, 6) is -0.960. The number of methoxy groups -OCH3 is 1. The third-order valence-corrected chi connectivity index (χ3v) is 6.62. The number of amides is 1. The van der Waals surface area contributed by atoms with E-state index in [-0.39, 0.29) is 38.4 Å². The van der Waals surface area contributed by atoms with Crippen molar-refractivity contribution in [1.29, 1.82) is 0 Å². The van der Waals surface area contributed by atoms with Crippen molar-refractivity contribution in [3.63, 3.8) is 0 Å². The fourth-order valence-electron chi connectivity index (χ4n) is 3.98. The summed E-state index contributed by atoms with van der Waals surface area (Å²) < 4.78 is 7.08. The zero-order valence-electron chi connectivity index (χ0n) is 19.8. The van der Waals surface area contributed by atoms with Gasteiger partial charge < -0.3 is 10.5 Å². The van der Waals surface area contributed by atoms with Crippen LogP contribution in [0, 0.1) is 0 Å². The van der Waals surface area contributed by atoms with Crippen molar-refractivity contribution in [3.8, 4) is 39.5 Å². The number of primary amides is 1. The van der Waals surface area contributed by atoms with Crippen LogP contribution in [0.4, 0.5) is 0 Å². The second-order valence-corrected chi connectivity index (χ2v) is 8.65. The lowest BCUT2D eigenvalue weighted by molar-refractivity contribution is 0.0997. The molecule has 188 valence electrons. The number of halogens is 2. The van der Waals surface area contributed by atoms with Crippen molar-refractivity contribution >= 4 is 35.4 Å². The molecule has 2 aromatic carbocycles. The number of benzene rings is 2. The van der Waals surface area contributed by atoms with E-state index in [1.54, 1.807) is 36.4 Å². The maximum absolute atomic E-state index is 12.7. The molecule has 0 atom stereocenters. The fraction of sp³-hybridized carbons (Fsp3) is 0.120. The number of hydrogen-bond acceptors (Lipinski definition) is 7. The fourth-order valence-corrected chi connectivity index (χ4v) is 4.63. The molecule has 0 saturated carbocycles. The molecule has 10 nitrogen and oxygen atoms in total. The van der Waals surface area contributed by atoms with Crippen LogP contribution in [-0.4, -0.2) is 38.4 Å². The quantitative estimate of drug-likeness (QED) is 0.371. The van der Waals surface area contributed by atoms with E-state index in [1.165, 1.54) is 27.4 Å². The Morgan fingerprint density at radius 3 is 2.11 bits per heavy atom. The Morgan fingerprint density at radius 2 is 1.54 bits per heavy atom. The molecule has 12 heteroatoms. The van der Waals surface area contributed by atoms with E-state index in [1.807, 2.05) is 0 Å². The summed E-state index contributed by atoms with van der Waals surface area (Å²) in [4.78, 5) is 57.2. The molecule has 0 saturated heterocycles. The topological polar surface area (TPSA) is 139 Å². The first kappa shape index (κ1) is 25.8. The van der Waals surface area contributed by atoms with Gasteiger partial charge in [-0.15, -0.1) is 0 Å². The van der Waals surface area contributed by atoms with E-state index in [0.29, 0.717) is 28.7 Å². The molecule has 0 spiro atoms. The number of hydrogen-bond donors (Lipinski definition) is 1. The predicted molar refractivity (Wildman–Crippen MR) is 139 cm³/mol. The van der Waals surface area contributed by atoms with Crippen LogP contribution >= 0.6 is 23.2 Å². The van der Waals surface area contributed by atoms with Crippen LogP contribution in [-0.2, 0) is 14.1 Å². The summed E-state index contributed by atoms with van der Waals surface area (Å²) in [6.07, 6.45) is 1.92. The first-order valence-corrected chi connectivity index (χ1v) is 11.4. The van der Waals surface area contributed by atoms with Gasteiger partial charge in [0.05, 0.1) is 34.7 Å². The van der Waals surface area contributed by atoms with Gasteiger partial charge in [0.2, 0.25) is 5.88 Å². The van der Waals surface area contributed by atoms with Crippen molar-refractivity contribution in [3.05, 3.63) is 84.7 Å². The first-order chi connectivity index (χ1) is 17.6. The number of aromatic nitrogens is 4. The van der Waals surface area contributed by atoms with Gasteiger partial charge in [0.25, 0.3) is 11.5 Å². The van der Waals surface area contributed by atoms with Gasteiger partial charge in [0, 0.05) is 36.3 Å². The Balaban J connectivity index is 1.97. The van der Waals surface area contributed by atoms with Crippen molar-refractivity contribution in [2.24, 2.45) is 19.8 Å². The molecule has 1 amide bonds. The minimum Gasteiger partial charge on any atom is -0.479 e. The van der Waals surface area contributed by atoms with Gasteiger partial charge in [-0.1, -0.05) is 59.6 Å². The molecular weight excluding hydrogens is 521 g/mol. The predicted octanol–water partition coefficient (Wildman–Crippen LogP) is 3.10. The maximum atomic E-state index is 12.7. The largest absolute Gasteiger partial charge is 0.479 e. The highest BCUT2D eigenvalue weighted by Gasteiger charge is 2.24. The summed E-state index contributed by atoms with van der Waals surface area (Å²) in [5, 5.41) is 0.400. The lowest BCUT2D eigenvalue weighted by Gasteiger charge is -2.17. The maximum Gasteiger partial charge on any atom is 0.330 e.